The number of carbonyl (C=O) groups is 2. The summed E-state index contributed by atoms with van der Waals surface area (Å²) in [5.41, 5.74) is 2.88. The highest BCUT2D eigenvalue weighted by molar-refractivity contribution is 5.89. The zero-order valence-electron chi connectivity index (χ0n) is 20.3. The van der Waals surface area contributed by atoms with Crippen LogP contribution in [0.15, 0.2) is 78.9 Å². The maximum Gasteiger partial charge on any atom is 0.338 e. The molecule has 2 unspecified atom stereocenters. The van der Waals surface area contributed by atoms with Gasteiger partial charge in [0.05, 0.1) is 13.2 Å². The van der Waals surface area contributed by atoms with Crippen LogP contribution in [0, 0.1) is 11.7 Å². The molecule has 0 aliphatic heterocycles. The Morgan fingerprint density at radius 3 is 2.11 bits per heavy atom. The molecule has 2 aromatic carbocycles. The second-order valence-electron chi connectivity index (χ2n) is 8.49. The topological polar surface area (TPSA) is 82.1 Å². The highest BCUT2D eigenvalue weighted by Crippen LogP contribution is 2.27. The van der Waals surface area contributed by atoms with E-state index < -0.39 is 24.0 Å². The molecule has 0 fully saturated rings. The Bertz CT molecular complexity index is 1100. The summed E-state index contributed by atoms with van der Waals surface area (Å²) in [5.74, 6) is -1.79. The van der Waals surface area contributed by atoms with Gasteiger partial charge in [-0.05, 0) is 56.0 Å². The molecule has 186 valence electrons. The summed E-state index contributed by atoms with van der Waals surface area (Å²) in [5, 5.41) is 9.88. The van der Waals surface area contributed by atoms with Crippen LogP contribution in [0.4, 0.5) is 4.39 Å². The van der Waals surface area contributed by atoms with Crippen LogP contribution in [0.1, 0.15) is 26.3 Å². The molecule has 0 aromatic heterocycles. The van der Waals surface area contributed by atoms with Crippen LogP contribution < -0.4 is 4.74 Å². The molecule has 1 N–H and O–H groups in total. The van der Waals surface area contributed by atoms with Gasteiger partial charge in [0, 0.05) is 28.7 Å². The van der Waals surface area contributed by atoms with E-state index in [0.717, 1.165) is 11.6 Å². The van der Waals surface area contributed by atoms with Crippen LogP contribution in [-0.2, 0) is 25.5 Å². The van der Waals surface area contributed by atoms with Crippen LogP contribution in [0.25, 0.3) is 11.1 Å². The fourth-order valence-corrected chi connectivity index (χ4v) is 2.99. The van der Waals surface area contributed by atoms with Crippen molar-refractivity contribution in [3.63, 3.8) is 0 Å². The fraction of sp³-hybridized carbons (Fsp3) is 0.286. The van der Waals surface area contributed by atoms with Crippen molar-refractivity contribution < 1.29 is 33.3 Å². The lowest BCUT2D eigenvalue weighted by atomic mass is 9.97. The standard InChI is InChI=1S/C28H31FO6/c1-17(2)26(30)33-15-21(16-34-27(31)18(3)4)13-20-7-9-22(10-8-20)24-12-11-23(14-25(24)29)35-28(32)19(5)6/h7-12,14,21,26,30H,1,3,5,13,15-16H2,2,4,6H3. The minimum atomic E-state index is -1.11. The zero-order valence-corrected chi connectivity index (χ0v) is 20.3. The number of aliphatic hydroxyl groups is 1. The van der Waals surface area contributed by atoms with Crippen molar-refractivity contribution in [3.8, 4) is 16.9 Å². The number of benzene rings is 2. The van der Waals surface area contributed by atoms with Gasteiger partial charge in [-0.1, -0.05) is 44.0 Å². The molecule has 2 atom stereocenters. The molecule has 35 heavy (non-hydrogen) atoms. The van der Waals surface area contributed by atoms with Gasteiger partial charge in [-0.3, -0.25) is 0 Å². The number of rotatable bonds is 12. The number of hydrogen-bond donors (Lipinski definition) is 1. The first-order valence-corrected chi connectivity index (χ1v) is 11.0. The van der Waals surface area contributed by atoms with Crippen LogP contribution in [-0.4, -0.2) is 36.5 Å². The van der Waals surface area contributed by atoms with Crippen LogP contribution in [0.5, 0.6) is 5.75 Å². The van der Waals surface area contributed by atoms with E-state index in [0.29, 0.717) is 28.7 Å². The summed E-state index contributed by atoms with van der Waals surface area (Å²) in [6, 6.07) is 11.4. The van der Waals surface area contributed by atoms with E-state index in [9.17, 15) is 19.1 Å². The molecule has 0 radical (unpaired) electrons. The van der Waals surface area contributed by atoms with Gasteiger partial charge in [-0.25, -0.2) is 14.0 Å². The van der Waals surface area contributed by atoms with E-state index in [1.54, 1.807) is 26.0 Å². The van der Waals surface area contributed by atoms with Gasteiger partial charge in [0.15, 0.2) is 6.29 Å². The largest absolute Gasteiger partial charge is 0.462 e. The summed E-state index contributed by atoms with van der Waals surface area (Å²) in [6.07, 6.45) is -0.623. The Morgan fingerprint density at radius 2 is 1.57 bits per heavy atom. The summed E-state index contributed by atoms with van der Waals surface area (Å²) >= 11 is 0. The van der Waals surface area contributed by atoms with E-state index in [1.165, 1.54) is 19.1 Å². The van der Waals surface area contributed by atoms with E-state index in [1.807, 2.05) is 12.1 Å². The molecule has 0 spiro atoms. The number of ether oxygens (including phenoxy) is 3. The molecule has 2 rings (SSSR count). The zero-order chi connectivity index (χ0) is 26.1. The third kappa shape index (κ3) is 8.63. The Kier molecular flexibility index (Phi) is 10.1. The number of esters is 2. The van der Waals surface area contributed by atoms with Gasteiger partial charge >= 0.3 is 11.9 Å². The highest BCUT2D eigenvalue weighted by Gasteiger charge is 2.17. The summed E-state index contributed by atoms with van der Waals surface area (Å²) in [7, 11) is 0. The van der Waals surface area contributed by atoms with Gasteiger partial charge in [0.25, 0.3) is 0 Å². The van der Waals surface area contributed by atoms with Gasteiger partial charge < -0.3 is 19.3 Å². The lowest BCUT2D eigenvalue weighted by molar-refractivity contribution is -0.142. The molecule has 2 aromatic rings. The lowest BCUT2D eigenvalue weighted by Crippen LogP contribution is -2.25. The van der Waals surface area contributed by atoms with Crippen molar-refractivity contribution in [1.82, 2.24) is 0 Å². The van der Waals surface area contributed by atoms with E-state index in [4.69, 9.17) is 14.2 Å². The first-order valence-electron chi connectivity index (χ1n) is 11.0. The predicted octanol–water partition coefficient (Wildman–Crippen LogP) is 5.16. The minimum absolute atomic E-state index is 0.0787. The highest BCUT2D eigenvalue weighted by atomic mass is 19.1. The average Bonchev–Trinajstić information content (AvgIpc) is 2.80. The van der Waals surface area contributed by atoms with Crippen molar-refractivity contribution in [2.75, 3.05) is 13.2 Å². The molecule has 0 heterocycles. The van der Waals surface area contributed by atoms with Gasteiger partial charge in [-0.15, -0.1) is 0 Å². The fourth-order valence-electron chi connectivity index (χ4n) is 2.99. The Morgan fingerprint density at radius 1 is 0.943 bits per heavy atom. The third-order valence-electron chi connectivity index (χ3n) is 5.00. The Balaban J connectivity index is 2.12. The number of halogens is 1. The van der Waals surface area contributed by atoms with Crippen molar-refractivity contribution in [1.29, 1.82) is 0 Å². The maximum atomic E-state index is 14.7. The third-order valence-corrected chi connectivity index (χ3v) is 5.00. The molecule has 0 aliphatic rings. The van der Waals surface area contributed by atoms with Crippen molar-refractivity contribution in [2.45, 2.75) is 33.5 Å². The van der Waals surface area contributed by atoms with E-state index in [2.05, 4.69) is 19.7 Å². The number of aliphatic hydroxyl groups excluding tert-OH is 1. The normalized spacial score (nSPS) is 12.4. The van der Waals surface area contributed by atoms with E-state index in [-0.39, 0.29) is 30.5 Å². The van der Waals surface area contributed by atoms with Crippen molar-refractivity contribution >= 4 is 11.9 Å². The summed E-state index contributed by atoms with van der Waals surface area (Å²) in [6.45, 7) is 15.7. The molecule has 0 bridgehead atoms. The monoisotopic (exact) mass is 482 g/mol. The van der Waals surface area contributed by atoms with Crippen molar-refractivity contribution in [3.05, 3.63) is 90.3 Å². The second kappa shape index (κ2) is 12.8. The SMILES string of the molecule is C=C(C)C(=O)OCC(COC(O)C(=C)C)Cc1ccc(-c2ccc(OC(=O)C(=C)C)cc2F)cc1. The molecule has 0 amide bonds. The first-order chi connectivity index (χ1) is 16.5. The first kappa shape index (κ1) is 27.7. The average molecular weight is 483 g/mol. The van der Waals surface area contributed by atoms with E-state index >= 15 is 0 Å². The maximum absolute atomic E-state index is 14.7. The molecular weight excluding hydrogens is 451 g/mol. The van der Waals surface area contributed by atoms with Crippen LogP contribution in [0.3, 0.4) is 0 Å². The summed E-state index contributed by atoms with van der Waals surface area (Å²) < 4.78 is 30.5. The predicted molar refractivity (Wildman–Crippen MR) is 132 cm³/mol. The van der Waals surface area contributed by atoms with Crippen LogP contribution in [0.2, 0.25) is 0 Å². The van der Waals surface area contributed by atoms with Gasteiger partial charge in [-0.2, -0.15) is 0 Å². The number of hydrogen-bond acceptors (Lipinski definition) is 6. The molecule has 6 nitrogen and oxygen atoms in total. The van der Waals surface area contributed by atoms with Crippen molar-refractivity contribution in [2.24, 2.45) is 5.92 Å². The molecule has 0 saturated heterocycles. The molecule has 0 saturated carbocycles. The number of carbonyl (C=O) groups excluding carboxylic acids is 2. The minimum Gasteiger partial charge on any atom is -0.462 e. The molecular formula is C28H31FO6. The second-order valence-corrected chi connectivity index (χ2v) is 8.49. The quantitative estimate of drug-likeness (QED) is 0.148. The lowest BCUT2D eigenvalue weighted by Gasteiger charge is -2.20. The molecule has 0 aliphatic carbocycles. The van der Waals surface area contributed by atoms with Gasteiger partial charge in [0.2, 0.25) is 0 Å². The van der Waals surface area contributed by atoms with Crippen LogP contribution >= 0.6 is 0 Å². The Hall–Kier alpha value is -3.55. The molecule has 7 heteroatoms. The van der Waals surface area contributed by atoms with Gasteiger partial charge in [0.1, 0.15) is 11.6 Å². The smallest absolute Gasteiger partial charge is 0.338 e. The summed E-state index contributed by atoms with van der Waals surface area (Å²) in [4.78, 5) is 23.4. The Labute approximate surface area is 205 Å².